The molecule has 3 rings (SSSR count). The Kier molecular flexibility index (Phi) is 6.87. The van der Waals surface area contributed by atoms with Crippen LogP contribution in [0.4, 0.5) is 0 Å². The number of rotatable bonds is 6. The first-order valence-corrected chi connectivity index (χ1v) is 11.0. The minimum absolute atomic E-state index is 0.227. The molecule has 2 aromatic rings. The van der Waals surface area contributed by atoms with Gasteiger partial charge in [0.1, 0.15) is 10.3 Å². The quantitative estimate of drug-likeness (QED) is 0.497. The van der Waals surface area contributed by atoms with Crippen molar-refractivity contribution in [2.45, 2.75) is 38.0 Å². The van der Waals surface area contributed by atoms with Gasteiger partial charge >= 0.3 is 11.9 Å². The summed E-state index contributed by atoms with van der Waals surface area (Å²) in [5.74, 6) is -0.433. The fourth-order valence-corrected chi connectivity index (χ4v) is 5.02. The van der Waals surface area contributed by atoms with Gasteiger partial charge in [0.15, 0.2) is 5.82 Å². The molecule has 29 heavy (non-hydrogen) atoms. The number of hydrogen-bond acceptors (Lipinski definition) is 8. The largest absolute Gasteiger partial charge is 0.465 e. The highest BCUT2D eigenvalue weighted by Gasteiger charge is 2.38. The lowest BCUT2D eigenvalue weighted by Gasteiger charge is -2.26. The van der Waals surface area contributed by atoms with Crippen LogP contribution in [0, 0.1) is 6.92 Å². The van der Waals surface area contributed by atoms with Gasteiger partial charge in [0, 0.05) is 10.4 Å². The van der Waals surface area contributed by atoms with E-state index in [4.69, 9.17) is 9.47 Å². The van der Waals surface area contributed by atoms with E-state index >= 15 is 0 Å². The van der Waals surface area contributed by atoms with E-state index in [1.54, 1.807) is 32.1 Å². The number of esters is 2. The van der Waals surface area contributed by atoms with Crippen LogP contribution < -0.4 is 0 Å². The number of aromatic nitrogens is 2. The smallest absolute Gasteiger partial charge is 0.336 e. The Labute approximate surface area is 178 Å². The van der Waals surface area contributed by atoms with Crippen molar-refractivity contribution in [2.24, 2.45) is 0 Å². The van der Waals surface area contributed by atoms with Gasteiger partial charge in [-0.1, -0.05) is 17.8 Å². The second-order valence-corrected chi connectivity index (χ2v) is 8.28. The normalized spacial score (nSPS) is 16.1. The van der Waals surface area contributed by atoms with Crippen LogP contribution in [-0.2, 0) is 19.1 Å². The van der Waals surface area contributed by atoms with E-state index in [1.165, 1.54) is 11.8 Å². The Bertz CT molecular complexity index is 981. The first-order valence-electron chi connectivity index (χ1n) is 9.28. The van der Waals surface area contributed by atoms with Gasteiger partial charge < -0.3 is 9.47 Å². The molecule has 2 aromatic heterocycles. The van der Waals surface area contributed by atoms with Crippen LogP contribution in [0.1, 0.15) is 42.7 Å². The molecule has 0 saturated heterocycles. The Morgan fingerprint density at radius 3 is 2.55 bits per heavy atom. The van der Waals surface area contributed by atoms with Gasteiger partial charge in [0.25, 0.3) is 0 Å². The maximum Gasteiger partial charge on any atom is 0.336 e. The molecule has 0 bridgehead atoms. The highest BCUT2D eigenvalue weighted by molar-refractivity contribution is 8.01. The summed E-state index contributed by atoms with van der Waals surface area (Å²) in [6.07, 6.45) is 3.80. The average Bonchev–Trinajstić information content (AvgIpc) is 3.19. The number of carbonyl (C=O) groups is 2. The molecule has 1 atom stereocenters. The number of hydrogen-bond donors (Lipinski definition) is 0. The van der Waals surface area contributed by atoms with Crippen molar-refractivity contribution in [2.75, 3.05) is 13.2 Å². The van der Waals surface area contributed by atoms with Gasteiger partial charge in [0.2, 0.25) is 0 Å². The van der Waals surface area contributed by atoms with E-state index < -0.39 is 17.2 Å². The molecule has 3 heterocycles. The minimum Gasteiger partial charge on any atom is -0.465 e. The van der Waals surface area contributed by atoms with E-state index in [-0.39, 0.29) is 13.2 Å². The number of allylic oxidation sites excluding steroid dienone is 1. The Hall–Kier alpha value is -2.45. The first-order chi connectivity index (χ1) is 14.0. The van der Waals surface area contributed by atoms with Crippen LogP contribution in [0.2, 0.25) is 0 Å². The van der Waals surface area contributed by atoms with Crippen LogP contribution in [0.15, 0.2) is 28.1 Å². The van der Waals surface area contributed by atoms with Gasteiger partial charge in [-0.25, -0.2) is 14.8 Å². The lowest BCUT2D eigenvalue weighted by Crippen LogP contribution is -2.31. The zero-order chi connectivity index (χ0) is 21.0. The molecule has 0 fully saturated rings. The minimum atomic E-state index is -0.815. The summed E-state index contributed by atoms with van der Waals surface area (Å²) in [4.78, 5) is 35.5. The third-order valence-corrected chi connectivity index (χ3v) is 6.30. The van der Waals surface area contributed by atoms with Crippen molar-refractivity contribution < 1.29 is 19.1 Å². The molecular formula is C21H22N2O4S2. The molecule has 0 saturated carbocycles. The molecule has 0 radical (unpaired) electrons. The lowest BCUT2D eigenvalue weighted by atomic mass is 9.98. The van der Waals surface area contributed by atoms with Crippen molar-refractivity contribution in [1.82, 2.24) is 9.97 Å². The summed E-state index contributed by atoms with van der Waals surface area (Å²) in [6, 6.07) is 3.99. The molecule has 6 nitrogen and oxygen atoms in total. The van der Waals surface area contributed by atoms with Crippen molar-refractivity contribution in [1.29, 1.82) is 0 Å². The number of ether oxygens (including phenoxy) is 2. The fourth-order valence-electron chi connectivity index (χ4n) is 3.06. The molecular weight excluding hydrogens is 408 g/mol. The van der Waals surface area contributed by atoms with E-state index in [9.17, 15) is 9.59 Å². The van der Waals surface area contributed by atoms with Gasteiger partial charge in [-0.05, 0) is 56.9 Å². The van der Waals surface area contributed by atoms with Crippen molar-refractivity contribution in [3.63, 3.8) is 0 Å². The Morgan fingerprint density at radius 1 is 1.14 bits per heavy atom. The zero-order valence-electron chi connectivity index (χ0n) is 16.7. The Balaban J connectivity index is 2.06. The van der Waals surface area contributed by atoms with Gasteiger partial charge in [-0.15, -0.1) is 11.3 Å². The highest BCUT2D eigenvalue weighted by atomic mass is 32.2. The number of thiophene rings is 1. The summed E-state index contributed by atoms with van der Waals surface area (Å²) in [7, 11) is 0. The van der Waals surface area contributed by atoms with Crippen LogP contribution in [0.25, 0.3) is 17.7 Å². The summed E-state index contributed by atoms with van der Waals surface area (Å²) < 4.78 is 10.4. The second kappa shape index (κ2) is 9.37. The van der Waals surface area contributed by atoms with E-state index in [2.05, 4.69) is 9.97 Å². The number of fused-ring (bicyclic) bond motifs is 1. The third kappa shape index (κ3) is 4.59. The second-order valence-electron chi connectivity index (χ2n) is 6.21. The standard InChI is InChI=1S/C21H22N2O4S2/c1-5-26-20(24)17-12(3)16-13(4)22-15(10-9-14-8-7-11-28-14)23-19(16)29-18(17)21(25)27-6-2/h7-11,18H,5-6H2,1-4H3/b10-9+. The molecule has 0 spiro atoms. The van der Waals surface area contributed by atoms with Crippen molar-refractivity contribution >= 4 is 52.8 Å². The molecule has 152 valence electrons. The Morgan fingerprint density at radius 2 is 1.90 bits per heavy atom. The molecule has 0 N–H and O–H groups in total. The van der Waals surface area contributed by atoms with Crippen LogP contribution >= 0.6 is 23.1 Å². The molecule has 0 aliphatic carbocycles. The van der Waals surface area contributed by atoms with Crippen LogP contribution in [-0.4, -0.2) is 40.4 Å². The van der Waals surface area contributed by atoms with Gasteiger partial charge in [-0.2, -0.15) is 0 Å². The van der Waals surface area contributed by atoms with Gasteiger partial charge in [-0.3, -0.25) is 4.79 Å². The fraction of sp³-hybridized carbons (Fsp3) is 0.333. The molecule has 1 aliphatic heterocycles. The van der Waals surface area contributed by atoms with E-state index in [0.29, 0.717) is 22.0 Å². The number of carbonyl (C=O) groups excluding carboxylic acids is 2. The van der Waals surface area contributed by atoms with E-state index in [1.807, 2.05) is 36.6 Å². The molecule has 0 amide bonds. The number of aryl methyl sites for hydroxylation is 1. The summed E-state index contributed by atoms with van der Waals surface area (Å²) >= 11 is 2.83. The predicted molar refractivity (Wildman–Crippen MR) is 116 cm³/mol. The molecule has 1 unspecified atom stereocenters. The maximum atomic E-state index is 12.6. The average molecular weight is 431 g/mol. The molecule has 0 aromatic carbocycles. The predicted octanol–water partition coefficient (Wildman–Crippen LogP) is 4.39. The third-order valence-electron chi connectivity index (χ3n) is 4.28. The van der Waals surface area contributed by atoms with Crippen LogP contribution in [0.5, 0.6) is 0 Å². The lowest BCUT2D eigenvalue weighted by molar-refractivity contribution is -0.145. The molecule has 1 aliphatic rings. The van der Waals surface area contributed by atoms with Crippen molar-refractivity contribution in [3.8, 4) is 0 Å². The SMILES string of the molecule is CCOC(=O)C1=C(C)c2c(C)nc(/C=C/c3cccs3)nc2SC1C(=O)OCC. The summed E-state index contributed by atoms with van der Waals surface area (Å²) in [6.45, 7) is 7.60. The van der Waals surface area contributed by atoms with Crippen LogP contribution in [0.3, 0.4) is 0 Å². The zero-order valence-corrected chi connectivity index (χ0v) is 18.4. The highest BCUT2D eigenvalue weighted by Crippen LogP contribution is 2.43. The number of nitrogens with zero attached hydrogens (tertiary/aromatic N) is 2. The van der Waals surface area contributed by atoms with Gasteiger partial charge in [0.05, 0.1) is 24.5 Å². The molecule has 8 heteroatoms. The first kappa shape index (κ1) is 21.3. The summed E-state index contributed by atoms with van der Waals surface area (Å²) in [5, 5.41) is 1.85. The van der Waals surface area contributed by atoms with Crippen molar-refractivity contribution in [3.05, 3.63) is 45.0 Å². The monoisotopic (exact) mass is 430 g/mol. The van der Waals surface area contributed by atoms with E-state index in [0.717, 1.165) is 16.1 Å². The topological polar surface area (TPSA) is 78.4 Å². The maximum absolute atomic E-state index is 12.6. The summed E-state index contributed by atoms with van der Waals surface area (Å²) in [5.41, 5.74) is 2.47. The number of thioether (sulfide) groups is 1.